The fraction of sp³-hybridized carbons (Fsp3) is 0.389. The van der Waals surface area contributed by atoms with Crippen molar-refractivity contribution in [3.05, 3.63) is 56.7 Å². The summed E-state index contributed by atoms with van der Waals surface area (Å²) in [5, 5.41) is 13.3. The molecule has 0 aliphatic rings. The van der Waals surface area contributed by atoms with Crippen LogP contribution in [-0.4, -0.2) is 29.9 Å². The SMILES string of the molecule is CC[C@H](O)Cn1c(NCc2ccccc2)nc2c1c(=O)n(C)c(=O)n2C. The molecular formula is C18H23N5O3. The van der Waals surface area contributed by atoms with Gasteiger partial charge in [-0.2, -0.15) is 4.98 Å². The highest BCUT2D eigenvalue weighted by Crippen LogP contribution is 2.17. The minimum absolute atomic E-state index is 0.220. The van der Waals surface area contributed by atoms with E-state index in [1.807, 2.05) is 37.3 Å². The van der Waals surface area contributed by atoms with Gasteiger partial charge in [0.25, 0.3) is 5.56 Å². The van der Waals surface area contributed by atoms with Gasteiger partial charge >= 0.3 is 5.69 Å². The third-order valence-electron chi connectivity index (χ3n) is 4.51. The Labute approximate surface area is 150 Å². The lowest BCUT2D eigenvalue weighted by molar-refractivity contribution is 0.152. The summed E-state index contributed by atoms with van der Waals surface area (Å²) < 4.78 is 4.06. The minimum atomic E-state index is -0.619. The Hall–Kier alpha value is -2.87. The van der Waals surface area contributed by atoms with Crippen LogP contribution >= 0.6 is 0 Å². The largest absolute Gasteiger partial charge is 0.391 e. The number of aliphatic hydroxyl groups excluding tert-OH is 1. The summed E-state index contributed by atoms with van der Waals surface area (Å²) in [6.07, 6.45) is -0.0734. The zero-order chi connectivity index (χ0) is 18.8. The zero-order valence-electron chi connectivity index (χ0n) is 15.1. The van der Waals surface area contributed by atoms with Gasteiger partial charge in [0.15, 0.2) is 11.2 Å². The summed E-state index contributed by atoms with van der Waals surface area (Å²) in [6, 6.07) is 9.79. The Morgan fingerprint density at radius 1 is 1.15 bits per heavy atom. The smallest absolute Gasteiger partial charge is 0.332 e. The molecule has 0 radical (unpaired) electrons. The maximum Gasteiger partial charge on any atom is 0.332 e. The number of fused-ring (bicyclic) bond motifs is 1. The van der Waals surface area contributed by atoms with Gasteiger partial charge < -0.3 is 15.0 Å². The predicted octanol–water partition coefficient (Wildman–Crippen LogP) is 0.817. The molecular weight excluding hydrogens is 334 g/mol. The highest BCUT2D eigenvalue weighted by atomic mass is 16.3. The van der Waals surface area contributed by atoms with Crippen molar-refractivity contribution in [3.63, 3.8) is 0 Å². The Kier molecular flexibility index (Phi) is 4.94. The number of nitrogens with zero attached hydrogens (tertiary/aromatic N) is 4. The number of aliphatic hydroxyl groups is 1. The van der Waals surface area contributed by atoms with Crippen molar-refractivity contribution in [1.82, 2.24) is 18.7 Å². The summed E-state index contributed by atoms with van der Waals surface area (Å²) >= 11 is 0. The summed E-state index contributed by atoms with van der Waals surface area (Å²) in [4.78, 5) is 29.3. The second-order valence-electron chi connectivity index (χ2n) is 6.33. The van der Waals surface area contributed by atoms with E-state index in [0.717, 1.165) is 10.1 Å². The molecule has 8 heteroatoms. The molecule has 0 aliphatic carbocycles. The van der Waals surface area contributed by atoms with Crippen LogP contribution in [0.5, 0.6) is 0 Å². The van der Waals surface area contributed by atoms with Gasteiger partial charge in [-0.15, -0.1) is 0 Å². The second kappa shape index (κ2) is 7.17. The molecule has 138 valence electrons. The topological polar surface area (TPSA) is 94.1 Å². The number of imidazole rings is 1. The van der Waals surface area contributed by atoms with Crippen LogP contribution in [0.3, 0.4) is 0 Å². The van der Waals surface area contributed by atoms with Crippen LogP contribution in [0.25, 0.3) is 11.2 Å². The van der Waals surface area contributed by atoms with Crippen molar-refractivity contribution in [2.75, 3.05) is 5.32 Å². The summed E-state index contributed by atoms with van der Waals surface area (Å²) in [5.41, 5.74) is 0.808. The van der Waals surface area contributed by atoms with Gasteiger partial charge in [0.05, 0.1) is 12.6 Å². The Morgan fingerprint density at radius 3 is 2.50 bits per heavy atom. The van der Waals surface area contributed by atoms with Gasteiger partial charge in [0, 0.05) is 20.6 Å². The van der Waals surface area contributed by atoms with E-state index in [9.17, 15) is 14.7 Å². The molecule has 0 fully saturated rings. The number of rotatable bonds is 6. The first-order valence-corrected chi connectivity index (χ1v) is 8.56. The third kappa shape index (κ3) is 3.15. The molecule has 0 unspecified atom stereocenters. The van der Waals surface area contributed by atoms with E-state index in [1.165, 1.54) is 11.6 Å². The second-order valence-corrected chi connectivity index (χ2v) is 6.33. The Balaban J connectivity index is 2.13. The normalized spacial score (nSPS) is 12.5. The third-order valence-corrected chi connectivity index (χ3v) is 4.51. The lowest BCUT2D eigenvalue weighted by Crippen LogP contribution is -2.37. The molecule has 2 N–H and O–H groups in total. The number of nitrogens with one attached hydrogen (secondary N) is 1. The molecule has 1 atom stereocenters. The van der Waals surface area contributed by atoms with Crippen molar-refractivity contribution in [2.45, 2.75) is 32.5 Å². The van der Waals surface area contributed by atoms with Crippen molar-refractivity contribution < 1.29 is 5.11 Å². The van der Waals surface area contributed by atoms with Gasteiger partial charge in [0.2, 0.25) is 5.95 Å². The molecule has 8 nitrogen and oxygen atoms in total. The lowest BCUT2D eigenvalue weighted by atomic mass is 10.2. The first kappa shape index (κ1) is 17.9. The fourth-order valence-electron chi connectivity index (χ4n) is 2.88. The van der Waals surface area contributed by atoms with Crippen molar-refractivity contribution in [2.24, 2.45) is 14.1 Å². The van der Waals surface area contributed by atoms with E-state index in [1.54, 1.807) is 11.6 Å². The molecule has 0 aliphatic heterocycles. The minimum Gasteiger partial charge on any atom is -0.391 e. The number of anilines is 1. The molecule has 3 rings (SSSR count). The van der Waals surface area contributed by atoms with Crippen LogP contribution in [0.2, 0.25) is 0 Å². The van der Waals surface area contributed by atoms with Crippen LogP contribution in [0.1, 0.15) is 18.9 Å². The number of benzene rings is 1. The van der Waals surface area contributed by atoms with Crippen LogP contribution in [0, 0.1) is 0 Å². The summed E-state index contributed by atoms with van der Waals surface area (Å²) in [6.45, 7) is 2.60. The van der Waals surface area contributed by atoms with Crippen molar-refractivity contribution in [3.8, 4) is 0 Å². The number of hydrogen-bond acceptors (Lipinski definition) is 5. The van der Waals surface area contributed by atoms with E-state index in [4.69, 9.17) is 0 Å². The van der Waals surface area contributed by atoms with Gasteiger partial charge in [0.1, 0.15) is 0 Å². The quantitative estimate of drug-likeness (QED) is 0.681. The van der Waals surface area contributed by atoms with E-state index < -0.39 is 17.4 Å². The zero-order valence-corrected chi connectivity index (χ0v) is 15.1. The highest BCUT2D eigenvalue weighted by molar-refractivity contribution is 5.74. The van der Waals surface area contributed by atoms with Crippen LogP contribution < -0.4 is 16.6 Å². The molecule has 0 saturated carbocycles. The molecule has 2 heterocycles. The maximum atomic E-state index is 12.7. The molecule has 26 heavy (non-hydrogen) atoms. The molecule has 0 bridgehead atoms. The average molecular weight is 357 g/mol. The monoisotopic (exact) mass is 357 g/mol. The average Bonchev–Trinajstić information content (AvgIpc) is 3.02. The van der Waals surface area contributed by atoms with Gasteiger partial charge in [-0.1, -0.05) is 37.3 Å². The highest BCUT2D eigenvalue weighted by Gasteiger charge is 2.20. The first-order chi connectivity index (χ1) is 12.4. The molecule has 0 spiro atoms. The number of aryl methyl sites for hydroxylation is 1. The maximum absolute atomic E-state index is 12.7. The first-order valence-electron chi connectivity index (χ1n) is 8.56. The molecule has 1 aromatic carbocycles. The Morgan fingerprint density at radius 2 is 1.85 bits per heavy atom. The molecule has 2 aromatic heterocycles. The van der Waals surface area contributed by atoms with E-state index in [0.29, 0.717) is 30.1 Å². The predicted molar refractivity (Wildman–Crippen MR) is 100 cm³/mol. The van der Waals surface area contributed by atoms with Gasteiger partial charge in [-0.05, 0) is 12.0 Å². The van der Waals surface area contributed by atoms with Gasteiger partial charge in [-0.25, -0.2) is 4.79 Å². The summed E-state index contributed by atoms with van der Waals surface area (Å²) in [5.74, 6) is 0.453. The van der Waals surface area contributed by atoms with E-state index in [-0.39, 0.29) is 6.54 Å². The molecule has 0 amide bonds. The van der Waals surface area contributed by atoms with Crippen LogP contribution in [0.4, 0.5) is 5.95 Å². The molecule has 0 saturated heterocycles. The van der Waals surface area contributed by atoms with Crippen molar-refractivity contribution >= 4 is 17.1 Å². The Bertz CT molecular complexity index is 1030. The van der Waals surface area contributed by atoms with Crippen molar-refractivity contribution in [1.29, 1.82) is 0 Å². The standard InChI is InChI=1S/C18H23N5O3/c1-4-13(24)11-23-14-15(21(2)18(26)22(3)16(14)25)20-17(23)19-10-12-8-6-5-7-9-12/h5-9,13,24H,4,10-11H2,1-3H3,(H,19,20)/t13-/m0/s1. The van der Waals surface area contributed by atoms with Crippen LogP contribution in [0.15, 0.2) is 39.9 Å². The molecule has 3 aromatic rings. The van der Waals surface area contributed by atoms with Gasteiger partial charge in [-0.3, -0.25) is 13.9 Å². The fourth-order valence-corrected chi connectivity index (χ4v) is 2.88. The number of hydrogen-bond donors (Lipinski definition) is 2. The summed E-state index contributed by atoms with van der Waals surface area (Å²) in [7, 11) is 3.02. The van der Waals surface area contributed by atoms with E-state index in [2.05, 4.69) is 10.3 Å². The number of aromatic nitrogens is 4. The van der Waals surface area contributed by atoms with E-state index >= 15 is 0 Å². The van der Waals surface area contributed by atoms with Crippen LogP contribution in [-0.2, 0) is 27.2 Å². The lowest BCUT2D eigenvalue weighted by Gasteiger charge is -2.14.